The van der Waals surface area contributed by atoms with Crippen molar-refractivity contribution < 1.29 is 17.6 Å². The Kier molecular flexibility index (Phi) is 9.45. The Hall–Kier alpha value is -2.62. The summed E-state index contributed by atoms with van der Waals surface area (Å²) in [7, 11) is 0. The first-order chi connectivity index (χ1) is 17.9. The maximum atomic E-state index is 15.2. The minimum atomic E-state index is -0.865. The molecule has 0 unspecified atom stereocenters. The zero-order valence-electron chi connectivity index (χ0n) is 22.1. The topological polar surface area (TPSA) is 0 Å². The molecular formula is C33H38F4. The molecule has 0 amide bonds. The maximum absolute atomic E-state index is 15.2. The zero-order valence-corrected chi connectivity index (χ0v) is 22.1. The normalized spacial score (nSPS) is 17.8. The summed E-state index contributed by atoms with van der Waals surface area (Å²) in [6.07, 6.45) is 10.8. The first-order valence-corrected chi connectivity index (χ1v) is 14.0. The van der Waals surface area contributed by atoms with E-state index in [0.717, 1.165) is 57.8 Å². The van der Waals surface area contributed by atoms with E-state index in [0.29, 0.717) is 34.6 Å². The number of rotatable bonds is 10. The first-order valence-electron chi connectivity index (χ1n) is 14.0. The molecule has 0 heterocycles. The number of benzene rings is 3. The summed E-state index contributed by atoms with van der Waals surface area (Å²) < 4.78 is 59.8. The van der Waals surface area contributed by atoms with E-state index < -0.39 is 23.3 Å². The molecule has 1 aliphatic carbocycles. The third-order valence-electron chi connectivity index (χ3n) is 8.06. The standard InChI is InChI=1S/C33H38F4/c1-3-5-6-7-9-26-18-19-27(31(35)30(26)34)24-14-16-25(17-15-24)29-21-20-28(32(36)33(29)37)23-12-10-22(8-4-2)11-13-23/h14-23H,3-13H2,1-2H3. The van der Waals surface area contributed by atoms with Crippen molar-refractivity contribution in [1.29, 1.82) is 0 Å². The van der Waals surface area contributed by atoms with Crippen molar-refractivity contribution in [3.63, 3.8) is 0 Å². The second-order valence-corrected chi connectivity index (χ2v) is 10.6. The van der Waals surface area contributed by atoms with Gasteiger partial charge in [0.1, 0.15) is 0 Å². The lowest BCUT2D eigenvalue weighted by molar-refractivity contribution is 0.303. The summed E-state index contributed by atoms with van der Waals surface area (Å²) >= 11 is 0. The van der Waals surface area contributed by atoms with Crippen LogP contribution in [0.5, 0.6) is 0 Å². The number of unbranched alkanes of at least 4 members (excludes halogenated alkanes) is 3. The highest BCUT2D eigenvalue weighted by Gasteiger charge is 2.26. The minimum Gasteiger partial charge on any atom is -0.203 e. The molecule has 4 rings (SSSR count). The molecule has 198 valence electrons. The van der Waals surface area contributed by atoms with E-state index in [2.05, 4.69) is 13.8 Å². The smallest absolute Gasteiger partial charge is 0.166 e. The summed E-state index contributed by atoms with van der Waals surface area (Å²) in [6.45, 7) is 4.30. The van der Waals surface area contributed by atoms with E-state index in [1.807, 2.05) is 0 Å². The van der Waals surface area contributed by atoms with Gasteiger partial charge in [0.15, 0.2) is 23.3 Å². The molecule has 37 heavy (non-hydrogen) atoms. The van der Waals surface area contributed by atoms with Crippen molar-refractivity contribution in [1.82, 2.24) is 0 Å². The molecule has 3 aromatic rings. The van der Waals surface area contributed by atoms with Crippen molar-refractivity contribution in [3.8, 4) is 22.3 Å². The Morgan fingerprint density at radius 3 is 1.78 bits per heavy atom. The molecule has 0 spiro atoms. The summed E-state index contributed by atoms with van der Waals surface area (Å²) in [5.74, 6) is -2.51. The van der Waals surface area contributed by atoms with Gasteiger partial charge in [-0.2, -0.15) is 0 Å². The van der Waals surface area contributed by atoms with Crippen molar-refractivity contribution in [2.45, 2.75) is 90.4 Å². The maximum Gasteiger partial charge on any atom is 0.166 e. The summed E-state index contributed by atoms with van der Waals surface area (Å²) in [4.78, 5) is 0. The SMILES string of the molecule is CCCCCCc1ccc(-c2ccc(-c3ccc(C4CCC(CCC)CC4)c(F)c3F)cc2)c(F)c1F. The number of halogens is 4. The van der Waals surface area contributed by atoms with Gasteiger partial charge in [-0.3, -0.25) is 0 Å². The largest absolute Gasteiger partial charge is 0.203 e. The third-order valence-corrected chi connectivity index (χ3v) is 8.06. The van der Waals surface area contributed by atoms with Gasteiger partial charge in [0.2, 0.25) is 0 Å². The molecule has 1 aliphatic rings. The molecule has 0 aliphatic heterocycles. The van der Waals surface area contributed by atoms with Gasteiger partial charge in [0, 0.05) is 11.1 Å². The molecule has 0 aromatic heterocycles. The highest BCUT2D eigenvalue weighted by Crippen LogP contribution is 2.40. The van der Waals surface area contributed by atoms with E-state index in [-0.39, 0.29) is 17.0 Å². The van der Waals surface area contributed by atoms with E-state index in [1.54, 1.807) is 48.5 Å². The molecule has 0 saturated heterocycles. The van der Waals surface area contributed by atoms with Crippen molar-refractivity contribution in [3.05, 3.63) is 82.9 Å². The van der Waals surface area contributed by atoms with Crippen LogP contribution in [0.1, 0.15) is 95.1 Å². The Morgan fingerprint density at radius 1 is 0.595 bits per heavy atom. The van der Waals surface area contributed by atoms with Crippen LogP contribution >= 0.6 is 0 Å². The lowest BCUT2D eigenvalue weighted by atomic mass is 9.77. The Bertz CT molecular complexity index is 1170. The van der Waals surface area contributed by atoms with Crippen LogP contribution in [0.25, 0.3) is 22.3 Å². The van der Waals surface area contributed by atoms with Gasteiger partial charge in [0.05, 0.1) is 0 Å². The minimum absolute atomic E-state index is 0.0616. The Morgan fingerprint density at radius 2 is 1.19 bits per heavy atom. The lowest BCUT2D eigenvalue weighted by Gasteiger charge is -2.29. The second-order valence-electron chi connectivity index (χ2n) is 10.6. The van der Waals surface area contributed by atoms with Crippen LogP contribution in [-0.4, -0.2) is 0 Å². The molecule has 0 radical (unpaired) electrons. The molecule has 1 fully saturated rings. The summed E-state index contributed by atoms with van der Waals surface area (Å²) in [6, 6.07) is 13.2. The first kappa shape index (κ1) is 27.4. The van der Waals surface area contributed by atoms with Gasteiger partial charge in [0.25, 0.3) is 0 Å². The van der Waals surface area contributed by atoms with E-state index in [1.165, 1.54) is 6.42 Å². The van der Waals surface area contributed by atoms with Crippen LogP contribution in [0.15, 0.2) is 48.5 Å². The summed E-state index contributed by atoms with van der Waals surface area (Å²) in [5.41, 5.74) is 2.22. The van der Waals surface area contributed by atoms with Crippen LogP contribution in [0.3, 0.4) is 0 Å². The van der Waals surface area contributed by atoms with Gasteiger partial charge in [-0.1, -0.05) is 94.5 Å². The Balaban J connectivity index is 1.50. The monoisotopic (exact) mass is 510 g/mol. The van der Waals surface area contributed by atoms with E-state index in [4.69, 9.17) is 0 Å². The molecule has 4 heteroatoms. The molecule has 0 nitrogen and oxygen atoms in total. The second kappa shape index (κ2) is 12.8. The van der Waals surface area contributed by atoms with Crippen LogP contribution in [0, 0.1) is 29.2 Å². The summed E-state index contributed by atoms with van der Waals surface area (Å²) in [5, 5.41) is 0. The molecule has 0 bridgehead atoms. The van der Waals surface area contributed by atoms with Gasteiger partial charge in [-0.05, 0) is 72.6 Å². The van der Waals surface area contributed by atoms with Crippen LogP contribution in [0.2, 0.25) is 0 Å². The highest BCUT2D eigenvalue weighted by atomic mass is 19.2. The molecule has 0 atom stereocenters. The predicted octanol–water partition coefficient (Wildman–Crippen LogP) is 10.8. The van der Waals surface area contributed by atoms with Gasteiger partial charge >= 0.3 is 0 Å². The number of hydrogen-bond donors (Lipinski definition) is 0. The lowest BCUT2D eigenvalue weighted by Crippen LogP contribution is -2.14. The zero-order chi connectivity index (χ0) is 26.4. The van der Waals surface area contributed by atoms with Crippen molar-refractivity contribution in [2.24, 2.45) is 5.92 Å². The fraction of sp³-hybridized carbons (Fsp3) is 0.455. The van der Waals surface area contributed by atoms with Crippen molar-refractivity contribution in [2.75, 3.05) is 0 Å². The van der Waals surface area contributed by atoms with E-state index >= 15 is 8.78 Å². The fourth-order valence-corrected chi connectivity index (χ4v) is 5.85. The van der Waals surface area contributed by atoms with Crippen LogP contribution < -0.4 is 0 Å². The average Bonchev–Trinajstić information content (AvgIpc) is 2.91. The highest BCUT2D eigenvalue weighted by molar-refractivity contribution is 5.71. The van der Waals surface area contributed by atoms with Crippen LogP contribution in [-0.2, 0) is 6.42 Å². The van der Waals surface area contributed by atoms with E-state index in [9.17, 15) is 8.78 Å². The molecule has 3 aromatic carbocycles. The third kappa shape index (κ3) is 6.27. The number of aryl methyl sites for hydroxylation is 1. The number of hydrogen-bond acceptors (Lipinski definition) is 0. The molecule has 1 saturated carbocycles. The van der Waals surface area contributed by atoms with Gasteiger partial charge in [-0.15, -0.1) is 0 Å². The quantitative estimate of drug-likeness (QED) is 0.188. The van der Waals surface area contributed by atoms with Crippen LogP contribution in [0.4, 0.5) is 17.6 Å². The predicted molar refractivity (Wildman–Crippen MR) is 145 cm³/mol. The van der Waals surface area contributed by atoms with Gasteiger partial charge < -0.3 is 0 Å². The molecule has 0 N–H and O–H groups in total. The van der Waals surface area contributed by atoms with Crippen molar-refractivity contribution >= 4 is 0 Å². The fourth-order valence-electron chi connectivity index (χ4n) is 5.85. The van der Waals surface area contributed by atoms with Gasteiger partial charge in [-0.25, -0.2) is 17.6 Å². The Labute approximate surface area is 219 Å². The molecular weight excluding hydrogens is 472 g/mol. The average molecular weight is 511 g/mol.